The molecule has 2 N–H and O–H groups in total. The highest BCUT2D eigenvalue weighted by Crippen LogP contribution is 2.35. The van der Waals surface area contributed by atoms with Gasteiger partial charge in [0, 0.05) is 11.3 Å². The molecule has 0 aliphatic carbocycles. The van der Waals surface area contributed by atoms with Crippen LogP contribution in [0.5, 0.6) is 5.75 Å². The van der Waals surface area contributed by atoms with Crippen LogP contribution in [0.1, 0.15) is 33.3 Å². The molecule has 1 amide bonds. The monoisotopic (exact) mass is 324 g/mol. The lowest BCUT2D eigenvalue weighted by Crippen LogP contribution is -2.28. The summed E-state index contributed by atoms with van der Waals surface area (Å²) in [6.45, 7) is 8.73. The van der Waals surface area contributed by atoms with Gasteiger partial charge in [-0.25, -0.2) is 0 Å². The van der Waals surface area contributed by atoms with Crippen LogP contribution >= 0.6 is 0 Å². The fraction of sp³-hybridized carbons (Fsp3) is 0.350. The van der Waals surface area contributed by atoms with Crippen LogP contribution in [0.2, 0.25) is 0 Å². The summed E-state index contributed by atoms with van der Waals surface area (Å²) in [4.78, 5) is 12.0. The summed E-state index contributed by atoms with van der Waals surface area (Å²) >= 11 is 0. The second-order valence-corrected chi connectivity index (χ2v) is 7.17. The Morgan fingerprint density at radius 2 is 1.88 bits per heavy atom. The molecule has 2 aromatic carbocycles. The lowest BCUT2D eigenvalue weighted by atomic mass is 9.88. The van der Waals surface area contributed by atoms with Crippen molar-refractivity contribution in [3.63, 3.8) is 0 Å². The third kappa shape index (κ3) is 2.96. The first-order chi connectivity index (χ1) is 11.4. The van der Waals surface area contributed by atoms with Crippen molar-refractivity contribution >= 4 is 22.8 Å². The molecule has 1 fully saturated rings. The second kappa shape index (κ2) is 6.19. The first-order valence-electron chi connectivity index (χ1n) is 8.33. The highest BCUT2D eigenvalue weighted by molar-refractivity contribution is 5.95. The minimum absolute atomic E-state index is 0.0290. The average Bonchev–Trinajstić information content (AvgIpc) is 2.80. The van der Waals surface area contributed by atoms with E-state index in [0.29, 0.717) is 12.5 Å². The molecule has 24 heavy (non-hydrogen) atoms. The van der Waals surface area contributed by atoms with Crippen LogP contribution in [0, 0.1) is 11.3 Å². The van der Waals surface area contributed by atoms with Gasteiger partial charge in [-0.2, -0.15) is 0 Å². The Morgan fingerprint density at radius 1 is 1.12 bits per heavy atom. The summed E-state index contributed by atoms with van der Waals surface area (Å²) in [6.07, 6.45) is 2.02. The predicted molar refractivity (Wildman–Crippen MR) is 97.3 cm³/mol. The number of hydrazine groups is 1. The van der Waals surface area contributed by atoms with E-state index in [1.807, 2.05) is 38.1 Å². The molecule has 1 heterocycles. The van der Waals surface area contributed by atoms with E-state index in [0.717, 1.165) is 27.8 Å². The van der Waals surface area contributed by atoms with Crippen molar-refractivity contribution in [3.05, 3.63) is 47.7 Å². The van der Waals surface area contributed by atoms with Crippen molar-refractivity contribution in [2.75, 3.05) is 6.61 Å². The number of fused-ring (bicyclic) bond motifs is 1. The van der Waals surface area contributed by atoms with Crippen molar-refractivity contribution in [1.29, 1.82) is 0 Å². The first-order valence-corrected chi connectivity index (χ1v) is 8.33. The molecule has 4 heteroatoms. The molecule has 1 saturated heterocycles. The van der Waals surface area contributed by atoms with Crippen LogP contribution in [0.4, 0.5) is 0 Å². The Morgan fingerprint density at radius 3 is 2.54 bits per heavy atom. The van der Waals surface area contributed by atoms with Gasteiger partial charge in [0.05, 0.1) is 12.0 Å². The number of nitrogens with one attached hydrogen (secondary N) is 2. The molecule has 126 valence electrons. The maximum atomic E-state index is 12.0. The van der Waals surface area contributed by atoms with Gasteiger partial charge in [-0.1, -0.05) is 44.2 Å². The summed E-state index contributed by atoms with van der Waals surface area (Å²) in [5, 5.41) is 2.26. The van der Waals surface area contributed by atoms with E-state index in [4.69, 9.17) is 4.74 Å². The molecule has 1 aliphatic heterocycles. The molecule has 0 bridgehead atoms. The average molecular weight is 324 g/mol. The number of hydrogen-bond acceptors (Lipinski definition) is 3. The van der Waals surface area contributed by atoms with Crippen LogP contribution in [-0.2, 0) is 4.79 Å². The van der Waals surface area contributed by atoms with Gasteiger partial charge < -0.3 is 10.2 Å². The molecule has 1 aliphatic rings. The standard InChI is InChI=1S/C20H24N2O2/c1-13(2)12-24-17-10-9-14-7-5-6-8-15(14)16(17)11-18-20(3,4)19(23)22-21-18/h5-11,13,21H,12H2,1-4H3,(H,22,23)/b18-11-. The van der Waals surface area contributed by atoms with Crippen LogP contribution in [-0.4, -0.2) is 12.5 Å². The fourth-order valence-corrected chi connectivity index (χ4v) is 2.73. The fourth-order valence-electron chi connectivity index (χ4n) is 2.73. The molecule has 0 unspecified atom stereocenters. The van der Waals surface area contributed by atoms with Gasteiger partial charge in [0.1, 0.15) is 5.75 Å². The Kier molecular flexibility index (Phi) is 4.22. The molecule has 0 atom stereocenters. The molecule has 0 saturated carbocycles. The molecule has 4 nitrogen and oxygen atoms in total. The van der Waals surface area contributed by atoms with Gasteiger partial charge in [0.2, 0.25) is 5.91 Å². The van der Waals surface area contributed by atoms with Gasteiger partial charge in [-0.3, -0.25) is 10.2 Å². The lowest BCUT2D eigenvalue weighted by molar-refractivity contribution is -0.125. The van der Waals surface area contributed by atoms with Gasteiger partial charge in [0.15, 0.2) is 0 Å². The van der Waals surface area contributed by atoms with E-state index >= 15 is 0 Å². The van der Waals surface area contributed by atoms with E-state index in [1.54, 1.807) is 0 Å². The maximum Gasteiger partial charge on any atom is 0.249 e. The Bertz CT molecular complexity index is 806. The van der Waals surface area contributed by atoms with Crippen molar-refractivity contribution in [2.24, 2.45) is 11.3 Å². The smallest absolute Gasteiger partial charge is 0.249 e. The van der Waals surface area contributed by atoms with Crippen molar-refractivity contribution in [1.82, 2.24) is 10.9 Å². The Balaban J connectivity index is 2.13. The zero-order valence-corrected chi connectivity index (χ0v) is 14.6. The summed E-state index contributed by atoms with van der Waals surface area (Å²) in [5.41, 5.74) is 6.96. The number of carbonyl (C=O) groups is 1. The molecular formula is C20H24N2O2. The molecule has 0 spiro atoms. The van der Waals surface area contributed by atoms with Crippen molar-refractivity contribution in [3.8, 4) is 5.75 Å². The second-order valence-electron chi connectivity index (χ2n) is 7.17. The number of ether oxygens (including phenoxy) is 1. The predicted octanol–water partition coefficient (Wildman–Crippen LogP) is 3.88. The highest BCUT2D eigenvalue weighted by atomic mass is 16.5. The lowest BCUT2D eigenvalue weighted by Gasteiger charge is -2.17. The molecule has 2 aromatic rings. The third-order valence-electron chi connectivity index (χ3n) is 4.34. The zero-order valence-electron chi connectivity index (χ0n) is 14.6. The van der Waals surface area contributed by atoms with Gasteiger partial charge in [-0.15, -0.1) is 0 Å². The maximum absolute atomic E-state index is 12.0. The van der Waals surface area contributed by atoms with Crippen LogP contribution in [0.25, 0.3) is 16.8 Å². The van der Waals surface area contributed by atoms with E-state index in [1.165, 1.54) is 0 Å². The largest absolute Gasteiger partial charge is 0.493 e. The minimum Gasteiger partial charge on any atom is -0.493 e. The van der Waals surface area contributed by atoms with Gasteiger partial charge in [0.25, 0.3) is 0 Å². The number of rotatable bonds is 4. The molecule has 3 rings (SSSR count). The van der Waals surface area contributed by atoms with Crippen molar-refractivity contribution in [2.45, 2.75) is 27.7 Å². The summed E-state index contributed by atoms with van der Waals surface area (Å²) in [7, 11) is 0. The first kappa shape index (κ1) is 16.4. The van der Waals surface area contributed by atoms with Crippen LogP contribution in [0.15, 0.2) is 42.1 Å². The van der Waals surface area contributed by atoms with E-state index in [-0.39, 0.29) is 5.91 Å². The van der Waals surface area contributed by atoms with Gasteiger partial charge >= 0.3 is 0 Å². The number of benzene rings is 2. The van der Waals surface area contributed by atoms with Crippen LogP contribution < -0.4 is 15.6 Å². The van der Waals surface area contributed by atoms with E-state index < -0.39 is 5.41 Å². The third-order valence-corrected chi connectivity index (χ3v) is 4.34. The van der Waals surface area contributed by atoms with Crippen molar-refractivity contribution < 1.29 is 9.53 Å². The SMILES string of the molecule is CC(C)COc1ccc2ccccc2c1/C=C1\NNC(=O)C1(C)C. The number of hydrogen-bond donors (Lipinski definition) is 2. The van der Waals surface area contributed by atoms with Gasteiger partial charge in [-0.05, 0) is 42.7 Å². The topological polar surface area (TPSA) is 50.4 Å². The minimum atomic E-state index is -0.591. The van der Waals surface area contributed by atoms with E-state index in [9.17, 15) is 4.79 Å². The summed E-state index contributed by atoms with van der Waals surface area (Å²) in [6, 6.07) is 12.3. The Labute approximate surface area is 142 Å². The number of carbonyl (C=O) groups excluding carboxylic acids is 1. The molecular weight excluding hydrogens is 300 g/mol. The quantitative estimate of drug-likeness (QED) is 0.897. The number of amides is 1. The summed E-state index contributed by atoms with van der Waals surface area (Å²) < 4.78 is 6.03. The molecule has 0 aromatic heterocycles. The highest BCUT2D eigenvalue weighted by Gasteiger charge is 2.38. The molecule has 0 radical (unpaired) electrons. The summed E-state index contributed by atoms with van der Waals surface area (Å²) in [5.74, 6) is 1.26. The van der Waals surface area contributed by atoms with E-state index in [2.05, 4.69) is 42.9 Å². The Hall–Kier alpha value is -2.49. The normalized spacial score (nSPS) is 18.0. The zero-order chi connectivity index (χ0) is 17.3. The van der Waals surface area contributed by atoms with Crippen LogP contribution in [0.3, 0.4) is 0 Å².